The Morgan fingerprint density at radius 2 is 2.50 bits per heavy atom. The highest BCUT2D eigenvalue weighted by Crippen LogP contribution is 2.10. The zero-order chi connectivity index (χ0) is 7.40. The van der Waals surface area contributed by atoms with Crippen molar-refractivity contribution in [3.63, 3.8) is 0 Å². The van der Waals surface area contributed by atoms with Crippen LogP contribution in [0.25, 0.3) is 0 Å². The third-order valence-corrected chi connectivity index (χ3v) is 2.22. The molecule has 3 heteroatoms. The van der Waals surface area contributed by atoms with Gasteiger partial charge in [0.1, 0.15) is 0 Å². The molecule has 0 aliphatic heterocycles. The fraction of sp³-hybridized carbons (Fsp3) is 0.286. The summed E-state index contributed by atoms with van der Waals surface area (Å²) < 4.78 is 0. The van der Waals surface area contributed by atoms with Crippen molar-refractivity contribution in [1.29, 1.82) is 0 Å². The van der Waals surface area contributed by atoms with E-state index in [2.05, 4.69) is 0 Å². The first-order chi connectivity index (χ1) is 4.84. The third-order valence-electron chi connectivity index (χ3n) is 1.12. The van der Waals surface area contributed by atoms with E-state index < -0.39 is 0 Å². The number of hydrogen-bond acceptors (Lipinski definition) is 2. The van der Waals surface area contributed by atoms with Gasteiger partial charge in [0.05, 0.1) is 4.88 Å². The van der Waals surface area contributed by atoms with Gasteiger partial charge in [-0.05, 0) is 11.4 Å². The van der Waals surface area contributed by atoms with Crippen molar-refractivity contribution in [2.45, 2.75) is 6.42 Å². The van der Waals surface area contributed by atoms with E-state index >= 15 is 0 Å². The van der Waals surface area contributed by atoms with E-state index in [1.807, 2.05) is 17.5 Å². The number of ketones is 1. The van der Waals surface area contributed by atoms with E-state index in [0.29, 0.717) is 12.3 Å². The topological polar surface area (TPSA) is 17.1 Å². The van der Waals surface area contributed by atoms with E-state index in [4.69, 9.17) is 11.6 Å². The number of Topliss-reactive ketones (excluding diaryl/α,β-unsaturated/α-hetero) is 1. The van der Waals surface area contributed by atoms with Crippen molar-refractivity contribution in [3.05, 3.63) is 22.4 Å². The smallest absolute Gasteiger partial charge is 0.173 e. The quantitative estimate of drug-likeness (QED) is 0.511. The maximum atomic E-state index is 11.0. The molecule has 0 fully saturated rings. The lowest BCUT2D eigenvalue weighted by Crippen LogP contribution is -1.95. The molecule has 0 saturated heterocycles. The summed E-state index contributed by atoms with van der Waals surface area (Å²) in [5, 5.41) is 1.89. The van der Waals surface area contributed by atoms with Gasteiger partial charge < -0.3 is 0 Å². The Morgan fingerprint density at radius 1 is 1.70 bits per heavy atom. The molecule has 1 nitrogen and oxygen atoms in total. The molecule has 10 heavy (non-hydrogen) atoms. The first-order valence-corrected chi connectivity index (χ1v) is 4.38. The van der Waals surface area contributed by atoms with E-state index in [9.17, 15) is 4.79 Å². The number of halogens is 1. The molecule has 0 amide bonds. The minimum absolute atomic E-state index is 0.144. The van der Waals surface area contributed by atoms with Gasteiger partial charge in [0, 0.05) is 12.3 Å². The molecule has 0 N–H and O–H groups in total. The Morgan fingerprint density at radius 3 is 3.00 bits per heavy atom. The summed E-state index contributed by atoms with van der Waals surface area (Å²) in [7, 11) is 0. The van der Waals surface area contributed by atoms with Crippen molar-refractivity contribution in [1.82, 2.24) is 0 Å². The first-order valence-electron chi connectivity index (χ1n) is 2.97. The van der Waals surface area contributed by atoms with Crippen LogP contribution in [0.2, 0.25) is 0 Å². The van der Waals surface area contributed by atoms with Crippen LogP contribution in [-0.2, 0) is 0 Å². The molecule has 0 spiro atoms. The van der Waals surface area contributed by atoms with Crippen LogP contribution < -0.4 is 0 Å². The summed E-state index contributed by atoms with van der Waals surface area (Å²) in [5.74, 6) is 0.557. The lowest BCUT2D eigenvalue weighted by atomic mass is 10.6. The van der Waals surface area contributed by atoms with Gasteiger partial charge in [0.15, 0.2) is 5.78 Å². The Balaban J connectivity index is 2.59. The van der Waals surface area contributed by atoms with Crippen LogP contribution >= 0.6 is 22.9 Å². The van der Waals surface area contributed by atoms with Gasteiger partial charge in [-0.2, -0.15) is 0 Å². The number of rotatable bonds is 3. The first kappa shape index (κ1) is 7.76. The highest BCUT2D eigenvalue weighted by atomic mass is 35.5. The van der Waals surface area contributed by atoms with E-state index in [1.165, 1.54) is 11.3 Å². The van der Waals surface area contributed by atoms with Crippen LogP contribution in [0.1, 0.15) is 16.1 Å². The zero-order valence-corrected chi connectivity index (χ0v) is 6.91. The Kier molecular flexibility index (Phi) is 2.90. The number of thiophene rings is 1. The Hall–Kier alpha value is -0.340. The molecule has 54 valence electrons. The van der Waals surface area contributed by atoms with Crippen LogP contribution in [0.5, 0.6) is 0 Å². The van der Waals surface area contributed by atoms with Crippen molar-refractivity contribution >= 4 is 28.7 Å². The average Bonchev–Trinajstić information content (AvgIpc) is 2.38. The van der Waals surface area contributed by atoms with Crippen molar-refractivity contribution in [3.8, 4) is 0 Å². The van der Waals surface area contributed by atoms with E-state index in [1.54, 1.807) is 0 Å². The molecule has 0 unspecified atom stereocenters. The molecule has 1 rings (SSSR count). The van der Waals surface area contributed by atoms with Gasteiger partial charge >= 0.3 is 0 Å². The van der Waals surface area contributed by atoms with Gasteiger partial charge in [-0.3, -0.25) is 4.79 Å². The van der Waals surface area contributed by atoms with Crippen LogP contribution in [0.4, 0.5) is 0 Å². The molecule has 1 aromatic rings. The minimum Gasteiger partial charge on any atom is -0.293 e. The Bertz CT molecular complexity index is 205. The lowest BCUT2D eigenvalue weighted by molar-refractivity contribution is 0.0993. The molecular weight excluding hydrogens is 170 g/mol. The van der Waals surface area contributed by atoms with Crippen molar-refractivity contribution < 1.29 is 4.79 Å². The van der Waals surface area contributed by atoms with Crippen LogP contribution in [-0.4, -0.2) is 11.7 Å². The Labute approximate surface area is 68.6 Å². The maximum absolute atomic E-state index is 11.0. The summed E-state index contributed by atoms with van der Waals surface area (Å²) in [6.07, 6.45) is 0.446. The molecule has 0 bridgehead atoms. The molecule has 0 saturated carbocycles. The SMILES string of the molecule is O=[14C](CCCl)c1cccs1. The fourth-order valence-electron chi connectivity index (χ4n) is 0.646. The molecular formula is C7H7ClOS. The zero-order valence-electron chi connectivity index (χ0n) is 5.34. The highest BCUT2D eigenvalue weighted by Gasteiger charge is 2.03. The predicted molar refractivity (Wildman–Crippen MR) is 44.0 cm³/mol. The molecule has 1 heterocycles. The van der Waals surface area contributed by atoms with Gasteiger partial charge in [-0.1, -0.05) is 6.07 Å². The summed E-state index contributed by atoms with van der Waals surface area (Å²) in [6.45, 7) is 0. The van der Waals surface area contributed by atoms with Gasteiger partial charge in [0.25, 0.3) is 0 Å². The van der Waals surface area contributed by atoms with Crippen LogP contribution in [0.3, 0.4) is 0 Å². The molecule has 1 aromatic heterocycles. The fourth-order valence-corrected chi connectivity index (χ4v) is 1.51. The molecule has 0 atom stereocenters. The van der Waals surface area contributed by atoms with Gasteiger partial charge in [-0.15, -0.1) is 22.9 Å². The molecule has 0 aromatic carbocycles. The second-order valence-corrected chi connectivity index (χ2v) is 3.17. The molecule has 0 aliphatic carbocycles. The summed E-state index contributed by atoms with van der Waals surface area (Å²) in [5.41, 5.74) is 0. The second-order valence-electron chi connectivity index (χ2n) is 1.84. The summed E-state index contributed by atoms with van der Waals surface area (Å²) in [4.78, 5) is 11.8. The average molecular weight is 177 g/mol. The van der Waals surface area contributed by atoms with Crippen LogP contribution in [0.15, 0.2) is 17.5 Å². The van der Waals surface area contributed by atoms with Gasteiger partial charge in [-0.25, -0.2) is 0 Å². The number of carbonyl (C=O) groups excluding carboxylic acids is 1. The summed E-state index contributed by atoms with van der Waals surface area (Å²) in [6, 6.07) is 3.69. The summed E-state index contributed by atoms with van der Waals surface area (Å²) >= 11 is 6.86. The van der Waals surface area contributed by atoms with Crippen molar-refractivity contribution in [2.24, 2.45) is 0 Å². The normalized spacial score (nSPS) is 9.70. The lowest BCUT2D eigenvalue weighted by Gasteiger charge is -1.89. The number of hydrogen-bond donors (Lipinski definition) is 0. The second kappa shape index (κ2) is 3.74. The third kappa shape index (κ3) is 1.82. The highest BCUT2D eigenvalue weighted by molar-refractivity contribution is 7.12. The molecule has 0 radical (unpaired) electrons. The molecule has 0 aliphatic rings. The minimum atomic E-state index is 0.144. The monoisotopic (exact) mass is 176 g/mol. The maximum Gasteiger partial charge on any atom is 0.173 e. The predicted octanol–water partition coefficient (Wildman–Crippen LogP) is 2.56. The number of alkyl halides is 1. The van der Waals surface area contributed by atoms with E-state index in [-0.39, 0.29) is 5.78 Å². The largest absolute Gasteiger partial charge is 0.293 e. The standard InChI is InChI=1S/C7H7ClOS/c8-4-3-6(9)7-2-1-5-10-7/h1-2,5H,3-4H2/i6+2. The van der Waals surface area contributed by atoms with E-state index in [0.717, 1.165) is 4.88 Å². The van der Waals surface area contributed by atoms with Gasteiger partial charge in [0.2, 0.25) is 0 Å². The number of carbonyl (C=O) groups is 1. The van der Waals surface area contributed by atoms with Crippen LogP contribution in [0, 0.1) is 0 Å². The van der Waals surface area contributed by atoms with Crippen molar-refractivity contribution in [2.75, 3.05) is 5.88 Å².